The molecule has 0 aliphatic rings. The molecule has 0 aliphatic heterocycles. The predicted octanol–water partition coefficient (Wildman–Crippen LogP) is 1.38. The molecule has 0 amide bonds. The Labute approximate surface area is 90.0 Å². The maximum Gasteiger partial charge on any atom is 0.186 e. The molecule has 0 aromatic heterocycles. The van der Waals surface area contributed by atoms with Crippen molar-refractivity contribution in [2.24, 2.45) is 0 Å². The van der Waals surface area contributed by atoms with Crippen LogP contribution in [0, 0.1) is 0 Å². The molecule has 1 aromatic carbocycles. The first-order valence-corrected chi connectivity index (χ1v) is 4.79. The number of carbonyl (C=O) groups is 1. The zero-order valence-electron chi connectivity index (χ0n) is 7.37. The normalized spacial score (nSPS) is 9.86. The average Bonchev–Trinajstić information content (AvgIpc) is 2.17. The van der Waals surface area contributed by atoms with Crippen LogP contribution in [0.4, 0.5) is 0 Å². The van der Waals surface area contributed by atoms with E-state index >= 15 is 0 Å². The van der Waals surface area contributed by atoms with Gasteiger partial charge in [0.25, 0.3) is 0 Å². The monoisotopic (exact) mass is 259 g/mol. The molecule has 4 nitrogen and oxygen atoms in total. The standard InChI is InChI=1S/C9H10BrNO3/c10-8-3-1-2-4-9(8)14-6-7(12)5-11-13/h1-4,11,13H,5-6H2. The molecule has 0 saturated heterocycles. The largest absolute Gasteiger partial charge is 0.485 e. The van der Waals surface area contributed by atoms with Gasteiger partial charge in [-0.15, -0.1) is 0 Å². The summed E-state index contributed by atoms with van der Waals surface area (Å²) in [5.74, 6) is 0.391. The minimum atomic E-state index is -0.219. The molecule has 0 bridgehead atoms. The van der Waals surface area contributed by atoms with Gasteiger partial charge in [0.2, 0.25) is 0 Å². The summed E-state index contributed by atoms with van der Waals surface area (Å²) in [5.41, 5.74) is 1.78. The van der Waals surface area contributed by atoms with E-state index in [9.17, 15) is 4.79 Å². The lowest BCUT2D eigenvalue weighted by molar-refractivity contribution is -0.121. The highest BCUT2D eigenvalue weighted by Gasteiger charge is 2.03. The number of Topliss-reactive ketones (excluding diaryl/α,β-unsaturated/α-hetero) is 1. The molecule has 76 valence electrons. The summed E-state index contributed by atoms with van der Waals surface area (Å²) in [4.78, 5) is 11.0. The second-order valence-electron chi connectivity index (χ2n) is 2.59. The fraction of sp³-hybridized carbons (Fsp3) is 0.222. The molecule has 14 heavy (non-hydrogen) atoms. The van der Waals surface area contributed by atoms with Gasteiger partial charge in [-0.3, -0.25) is 4.79 Å². The fourth-order valence-electron chi connectivity index (χ4n) is 0.859. The number of hydrogen-bond acceptors (Lipinski definition) is 4. The highest BCUT2D eigenvalue weighted by molar-refractivity contribution is 9.10. The molecule has 1 aromatic rings. The number of carbonyl (C=O) groups excluding carboxylic acids is 1. The highest BCUT2D eigenvalue weighted by Crippen LogP contribution is 2.23. The van der Waals surface area contributed by atoms with Crippen molar-refractivity contribution in [2.75, 3.05) is 13.2 Å². The molecule has 0 unspecified atom stereocenters. The first-order valence-electron chi connectivity index (χ1n) is 4.00. The third kappa shape index (κ3) is 3.45. The predicted molar refractivity (Wildman–Crippen MR) is 54.4 cm³/mol. The molecule has 0 spiro atoms. The number of hydroxylamine groups is 1. The van der Waals surface area contributed by atoms with Gasteiger partial charge in [0.1, 0.15) is 12.4 Å². The van der Waals surface area contributed by atoms with Gasteiger partial charge >= 0.3 is 0 Å². The molecule has 0 saturated carbocycles. The molecular weight excluding hydrogens is 250 g/mol. The zero-order chi connectivity index (χ0) is 10.4. The van der Waals surface area contributed by atoms with Gasteiger partial charge in [0.15, 0.2) is 5.78 Å². The molecule has 5 heteroatoms. The van der Waals surface area contributed by atoms with E-state index in [1.165, 1.54) is 0 Å². The fourth-order valence-corrected chi connectivity index (χ4v) is 1.26. The van der Waals surface area contributed by atoms with Crippen LogP contribution >= 0.6 is 15.9 Å². The van der Waals surface area contributed by atoms with Gasteiger partial charge in [-0.2, -0.15) is 5.48 Å². The average molecular weight is 260 g/mol. The summed E-state index contributed by atoms with van der Waals surface area (Å²) >= 11 is 3.28. The number of ether oxygens (including phenoxy) is 1. The topological polar surface area (TPSA) is 58.6 Å². The van der Waals surface area contributed by atoms with E-state index in [1.807, 2.05) is 18.2 Å². The lowest BCUT2D eigenvalue weighted by Gasteiger charge is -2.06. The quantitative estimate of drug-likeness (QED) is 0.785. The van der Waals surface area contributed by atoms with Crippen molar-refractivity contribution < 1.29 is 14.7 Å². The van der Waals surface area contributed by atoms with E-state index in [2.05, 4.69) is 15.9 Å². The molecular formula is C9H10BrNO3. The van der Waals surface area contributed by atoms with Gasteiger partial charge in [-0.05, 0) is 28.1 Å². The summed E-state index contributed by atoms with van der Waals surface area (Å²) in [6.07, 6.45) is 0. The SMILES string of the molecule is O=C(CNO)COc1ccccc1Br. The summed E-state index contributed by atoms with van der Waals surface area (Å²) in [6.45, 7) is -0.166. The Bertz CT molecular complexity index is 317. The lowest BCUT2D eigenvalue weighted by Crippen LogP contribution is -2.24. The van der Waals surface area contributed by atoms with Gasteiger partial charge < -0.3 is 9.94 Å². The Hall–Kier alpha value is -0.910. The van der Waals surface area contributed by atoms with Crippen molar-refractivity contribution in [3.63, 3.8) is 0 Å². The third-order valence-corrected chi connectivity index (χ3v) is 2.16. The van der Waals surface area contributed by atoms with Crippen molar-refractivity contribution in [3.8, 4) is 5.75 Å². The molecule has 0 radical (unpaired) electrons. The second kappa shape index (κ2) is 5.74. The van der Waals surface area contributed by atoms with Crippen molar-refractivity contribution >= 4 is 21.7 Å². The van der Waals surface area contributed by atoms with E-state index in [0.717, 1.165) is 4.47 Å². The zero-order valence-corrected chi connectivity index (χ0v) is 8.95. The molecule has 0 aliphatic carbocycles. The van der Waals surface area contributed by atoms with Crippen LogP contribution in [0.1, 0.15) is 0 Å². The van der Waals surface area contributed by atoms with Crippen LogP contribution in [-0.4, -0.2) is 24.1 Å². The number of nitrogens with one attached hydrogen (secondary N) is 1. The van der Waals surface area contributed by atoms with Gasteiger partial charge in [-0.1, -0.05) is 12.1 Å². The number of rotatable bonds is 5. The van der Waals surface area contributed by atoms with Crippen LogP contribution in [0.5, 0.6) is 5.75 Å². The second-order valence-corrected chi connectivity index (χ2v) is 3.45. The summed E-state index contributed by atoms with van der Waals surface area (Å²) in [5, 5.41) is 8.25. The third-order valence-electron chi connectivity index (χ3n) is 1.50. The van der Waals surface area contributed by atoms with Crippen molar-refractivity contribution in [1.82, 2.24) is 5.48 Å². The van der Waals surface area contributed by atoms with Crippen LogP contribution < -0.4 is 10.2 Å². The van der Waals surface area contributed by atoms with Crippen molar-refractivity contribution in [3.05, 3.63) is 28.7 Å². The van der Waals surface area contributed by atoms with Gasteiger partial charge in [-0.25, -0.2) is 0 Å². The number of benzene rings is 1. The first kappa shape index (κ1) is 11.2. The molecule has 2 N–H and O–H groups in total. The number of hydrogen-bond donors (Lipinski definition) is 2. The Morgan fingerprint density at radius 3 is 2.86 bits per heavy atom. The minimum absolute atomic E-state index is 0.0594. The molecule has 0 fully saturated rings. The summed E-state index contributed by atoms with van der Waals surface area (Å²) in [7, 11) is 0. The minimum Gasteiger partial charge on any atom is -0.485 e. The lowest BCUT2D eigenvalue weighted by atomic mass is 10.3. The highest BCUT2D eigenvalue weighted by atomic mass is 79.9. The van der Waals surface area contributed by atoms with Crippen LogP contribution in [0.3, 0.4) is 0 Å². The number of para-hydroxylation sites is 1. The Balaban J connectivity index is 2.46. The Kier molecular flexibility index (Phi) is 4.58. The van der Waals surface area contributed by atoms with E-state index in [4.69, 9.17) is 9.94 Å². The van der Waals surface area contributed by atoms with E-state index in [-0.39, 0.29) is 18.9 Å². The molecule has 0 heterocycles. The van der Waals surface area contributed by atoms with Crippen LogP contribution in [-0.2, 0) is 4.79 Å². The summed E-state index contributed by atoms with van der Waals surface area (Å²) < 4.78 is 6.00. The van der Waals surface area contributed by atoms with Crippen LogP contribution in [0.2, 0.25) is 0 Å². The Morgan fingerprint density at radius 2 is 2.21 bits per heavy atom. The molecule has 1 rings (SSSR count). The summed E-state index contributed by atoms with van der Waals surface area (Å²) in [6, 6.07) is 7.25. The maximum atomic E-state index is 11.0. The van der Waals surface area contributed by atoms with E-state index in [0.29, 0.717) is 5.75 Å². The smallest absolute Gasteiger partial charge is 0.186 e. The number of halogens is 1. The maximum absolute atomic E-state index is 11.0. The van der Waals surface area contributed by atoms with Gasteiger partial charge in [0.05, 0.1) is 11.0 Å². The van der Waals surface area contributed by atoms with Crippen molar-refractivity contribution in [1.29, 1.82) is 0 Å². The Morgan fingerprint density at radius 1 is 1.50 bits per heavy atom. The van der Waals surface area contributed by atoms with Crippen molar-refractivity contribution in [2.45, 2.75) is 0 Å². The van der Waals surface area contributed by atoms with Crippen LogP contribution in [0.15, 0.2) is 28.7 Å². The van der Waals surface area contributed by atoms with Gasteiger partial charge in [0, 0.05) is 0 Å². The van der Waals surface area contributed by atoms with Crippen LogP contribution in [0.25, 0.3) is 0 Å². The van der Waals surface area contributed by atoms with E-state index < -0.39 is 0 Å². The molecule has 0 atom stereocenters. The number of ketones is 1. The van der Waals surface area contributed by atoms with E-state index in [1.54, 1.807) is 11.5 Å². The first-order chi connectivity index (χ1) is 6.74.